The Morgan fingerprint density at radius 2 is 1.85 bits per heavy atom. The average molecular weight is 367 g/mol. The van der Waals surface area contributed by atoms with Crippen molar-refractivity contribution in [2.75, 3.05) is 0 Å². The molecular formula is C22H23ClN2O. The number of hydrogen-bond donors (Lipinski definition) is 0. The van der Waals surface area contributed by atoms with E-state index in [4.69, 9.17) is 11.6 Å². The number of Topliss-reactive ketones (excluding diaryl/α,β-unsaturated/α-hetero) is 1. The van der Waals surface area contributed by atoms with E-state index < -0.39 is 0 Å². The summed E-state index contributed by atoms with van der Waals surface area (Å²) in [4.78, 5) is 21.4. The highest BCUT2D eigenvalue weighted by Crippen LogP contribution is 2.34. The number of ketones is 1. The second-order valence-corrected chi connectivity index (χ2v) is 8.20. The average Bonchev–Trinajstić information content (AvgIpc) is 2.53. The fourth-order valence-electron chi connectivity index (χ4n) is 3.44. The molecule has 0 N–H and O–H groups in total. The molecule has 0 aliphatic heterocycles. The quantitative estimate of drug-likeness (QED) is 0.633. The maximum Gasteiger partial charge on any atom is 0.141 e. The molecule has 0 aliphatic carbocycles. The zero-order valence-corrected chi connectivity index (χ0v) is 16.4. The summed E-state index contributed by atoms with van der Waals surface area (Å²) in [5.41, 5.74) is 4.83. The molecule has 0 radical (unpaired) electrons. The first-order chi connectivity index (χ1) is 12.2. The van der Waals surface area contributed by atoms with Crippen LogP contribution in [0.1, 0.15) is 43.2 Å². The summed E-state index contributed by atoms with van der Waals surface area (Å²) < 4.78 is 0. The fourth-order valence-corrected chi connectivity index (χ4v) is 3.61. The van der Waals surface area contributed by atoms with Gasteiger partial charge >= 0.3 is 0 Å². The molecule has 0 fully saturated rings. The molecule has 0 bridgehead atoms. The van der Waals surface area contributed by atoms with E-state index >= 15 is 0 Å². The smallest absolute Gasteiger partial charge is 0.141 e. The Morgan fingerprint density at radius 1 is 1.08 bits per heavy atom. The SMILES string of the molecule is Cc1cc(CC(=O)Cc2cnc3ccc(Cl)cc3c2C(C)(C)C)ccn1. The minimum atomic E-state index is -0.116. The Balaban J connectivity index is 1.98. The highest BCUT2D eigenvalue weighted by molar-refractivity contribution is 6.31. The van der Waals surface area contributed by atoms with Crippen LogP contribution in [0.2, 0.25) is 5.02 Å². The second kappa shape index (κ2) is 7.16. The second-order valence-electron chi connectivity index (χ2n) is 7.77. The summed E-state index contributed by atoms with van der Waals surface area (Å²) in [7, 11) is 0. The van der Waals surface area contributed by atoms with Gasteiger partial charge in [0.25, 0.3) is 0 Å². The molecular weight excluding hydrogens is 344 g/mol. The van der Waals surface area contributed by atoms with E-state index in [-0.39, 0.29) is 11.2 Å². The van der Waals surface area contributed by atoms with E-state index in [2.05, 4.69) is 30.7 Å². The number of aromatic nitrogens is 2. The maximum absolute atomic E-state index is 12.7. The minimum absolute atomic E-state index is 0.116. The highest BCUT2D eigenvalue weighted by atomic mass is 35.5. The predicted octanol–water partition coefficient (Wildman–Crippen LogP) is 5.24. The molecule has 2 heterocycles. The Bertz CT molecular complexity index is 974. The Kier molecular flexibility index (Phi) is 5.10. The van der Waals surface area contributed by atoms with Crippen LogP contribution in [0.25, 0.3) is 10.9 Å². The number of nitrogens with zero attached hydrogens (tertiary/aromatic N) is 2. The van der Waals surface area contributed by atoms with E-state index in [1.807, 2.05) is 43.5 Å². The molecule has 0 saturated carbocycles. The molecule has 3 aromatic rings. The number of fused-ring (bicyclic) bond motifs is 1. The molecule has 4 heteroatoms. The third kappa shape index (κ3) is 4.10. The van der Waals surface area contributed by atoms with Crippen molar-refractivity contribution in [1.82, 2.24) is 9.97 Å². The van der Waals surface area contributed by atoms with Gasteiger partial charge in [0, 0.05) is 41.3 Å². The van der Waals surface area contributed by atoms with Crippen LogP contribution in [-0.2, 0) is 23.1 Å². The Morgan fingerprint density at radius 3 is 2.54 bits per heavy atom. The molecule has 26 heavy (non-hydrogen) atoms. The first kappa shape index (κ1) is 18.5. The summed E-state index contributed by atoms with van der Waals surface area (Å²) in [6.45, 7) is 8.40. The summed E-state index contributed by atoms with van der Waals surface area (Å²) in [5.74, 6) is 0.171. The number of rotatable bonds is 4. The molecule has 0 atom stereocenters. The van der Waals surface area contributed by atoms with Crippen LogP contribution >= 0.6 is 11.6 Å². The zero-order valence-electron chi connectivity index (χ0n) is 15.6. The van der Waals surface area contributed by atoms with Gasteiger partial charge in [-0.1, -0.05) is 32.4 Å². The van der Waals surface area contributed by atoms with E-state index in [0.717, 1.165) is 33.3 Å². The van der Waals surface area contributed by atoms with Crippen LogP contribution in [-0.4, -0.2) is 15.8 Å². The first-order valence-electron chi connectivity index (χ1n) is 8.75. The summed E-state index contributed by atoms with van der Waals surface area (Å²) in [5, 5.41) is 1.70. The fraction of sp³-hybridized carbons (Fsp3) is 0.318. The van der Waals surface area contributed by atoms with E-state index in [0.29, 0.717) is 17.9 Å². The Labute approximate surface area is 159 Å². The number of benzene rings is 1. The zero-order chi connectivity index (χ0) is 18.9. The monoisotopic (exact) mass is 366 g/mol. The van der Waals surface area contributed by atoms with Gasteiger partial charge in [-0.2, -0.15) is 0 Å². The van der Waals surface area contributed by atoms with Gasteiger partial charge in [0.2, 0.25) is 0 Å². The highest BCUT2D eigenvalue weighted by Gasteiger charge is 2.23. The van der Waals surface area contributed by atoms with Crippen LogP contribution in [0.15, 0.2) is 42.7 Å². The normalized spacial score (nSPS) is 11.7. The van der Waals surface area contributed by atoms with Crippen molar-refractivity contribution < 1.29 is 4.79 Å². The predicted molar refractivity (Wildman–Crippen MR) is 107 cm³/mol. The molecule has 1 aromatic carbocycles. The number of pyridine rings is 2. The van der Waals surface area contributed by atoms with Gasteiger partial charge in [-0.25, -0.2) is 0 Å². The molecule has 0 spiro atoms. The number of aryl methyl sites for hydroxylation is 1. The van der Waals surface area contributed by atoms with Crippen molar-refractivity contribution in [3.05, 3.63) is 70.1 Å². The molecule has 0 unspecified atom stereocenters. The molecule has 0 saturated heterocycles. The molecule has 0 aliphatic rings. The van der Waals surface area contributed by atoms with Gasteiger partial charge in [0.1, 0.15) is 5.78 Å². The third-order valence-corrected chi connectivity index (χ3v) is 4.64. The van der Waals surface area contributed by atoms with Crippen LogP contribution in [0.5, 0.6) is 0 Å². The maximum atomic E-state index is 12.7. The largest absolute Gasteiger partial charge is 0.299 e. The van der Waals surface area contributed by atoms with Crippen molar-refractivity contribution in [3.63, 3.8) is 0 Å². The Hall–Kier alpha value is -2.26. The molecule has 3 nitrogen and oxygen atoms in total. The number of hydrogen-bond acceptors (Lipinski definition) is 3. The van der Waals surface area contributed by atoms with Gasteiger partial charge in [-0.15, -0.1) is 0 Å². The first-order valence-corrected chi connectivity index (χ1v) is 9.12. The van der Waals surface area contributed by atoms with Crippen LogP contribution in [0.4, 0.5) is 0 Å². The van der Waals surface area contributed by atoms with Crippen LogP contribution in [0.3, 0.4) is 0 Å². The lowest BCUT2D eigenvalue weighted by Crippen LogP contribution is -2.18. The lowest BCUT2D eigenvalue weighted by atomic mass is 9.80. The van der Waals surface area contributed by atoms with Gasteiger partial charge in [-0.05, 0) is 59.4 Å². The van der Waals surface area contributed by atoms with Crippen molar-refractivity contribution in [1.29, 1.82) is 0 Å². The number of carbonyl (C=O) groups excluding carboxylic acids is 1. The van der Waals surface area contributed by atoms with Crippen molar-refractivity contribution in [3.8, 4) is 0 Å². The topological polar surface area (TPSA) is 42.9 Å². The van der Waals surface area contributed by atoms with Crippen molar-refractivity contribution in [2.45, 2.75) is 46.0 Å². The molecule has 3 rings (SSSR count). The van der Waals surface area contributed by atoms with Gasteiger partial charge in [-0.3, -0.25) is 14.8 Å². The lowest BCUT2D eigenvalue weighted by molar-refractivity contribution is -0.117. The van der Waals surface area contributed by atoms with Gasteiger partial charge in [0.05, 0.1) is 5.52 Å². The summed E-state index contributed by atoms with van der Waals surface area (Å²) in [6.07, 6.45) is 4.36. The van der Waals surface area contributed by atoms with Crippen molar-refractivity contribution in [2.24, 2.45) is 0 Å². The van der Waals surface area contributed by atoms with E-state index in [9.17, 15) is 4.79 Å². The summed E-state index contributed by atoms with van der Waals surface area (Å²) >= 11 is 6.22. The molecule has 2 aromatic heterocycles. The number of halogens is 1. The number of carbonyl (C=O) groups is 1. The minimum Gasteiger partial charge on any atom is -0.299 e. The van der Waals surface area contributed by atoms with E-state index in [1.165, 1.54) is 0 Å². The summed E-state index contributed by atoms with van der Waals surface area (Å²) in [6, 6.07) is 9.58. The standard InChI is InChI=1S/C22H23ClN2O/c1-14-9-15(7-8-24-14)10-18(26)11-16-13-25-20-6-5-17(23)12-19(20)21(16)22(2,3)4/h5-9,12-13H,10-11H2,1-4H3. The molecule has 0 amide bonds. The lowest BCUT2D eigenvalue weighted by Gasteiger charge is -2.25. The van der Waals surface area contributed by atoms with Crippen molar-refractivity contribution >= 4 is 28.3 Å². The van der Waals surface area contributed by atoms with Crippen LogP contribution < -0.4 is 0 Å². The van der Waals surface area contributed by atoms with Gasteiger partial charge < -0.3 is 0 Å². The molecule has 134 valence electrons. The third-order valence-electron chi connectivity index (χ3n) is 4.41. The van der Waals surface area contributed by atoms with Crippen LogP contribution in [0, 0.1) is 6.92 Å². The van der Waals surface area contributed by atoms with Gasteiger partial charge in [0.15, 0.2) is 0 Å². The van der Waals surface area contributed by atoms with E-state index in [1.54, 1.807) is 6.20 Å².